The number of amides is 1. The summed E-state index contributed by atoms with van der Waals surface area (Å²) in [5.41, 5.74) is 0. The smallest absolute Gasteiger partial charge is 0.236 e. The summed E-state index contributed by atoms with van der Waals surface area (Å²) in [5.74, 6) is 0.827. The lowest BCUT2D eigenvalue weighted by atomic mass is 9.83. The van der Waals surface area contributed by atoms with Crippen molar-refractivity contribution in [3.05, 3.63) is 0 Å². The van der Waals surface area contributed by atoms with Crippen molar-refractivity contribution in [2.45, 2.75) is 31.8 Å². The zero-order chi connectivity index (χ0) is 13.0. The maximum absolute atomic E-state index is 11.9. The maximum atomic E-state index is 11.9. The van der Waals surface area contributed by atoms with E-state index in [4.69, 9.17) is 4.74 Å². The first-order chi connectivity index (χ1) is 8.70. The number of carbonyl (C=O) groups excluding carboxylic acids is 1. The number of piperidine rings is 3. The van der Waals surface area contributed by atoms with Crippen LogP contribution in [0, 0.1) is 5.92 Å². The summed E-state index contributed by atoms with van der Waals surface area (Å²) in [6.07, 6.45) is 2.55. The van der Waals surface area contributed by atoms with Crippen molar-refractivity contribution < 1.29 is 9.53 Å². The second kappa shape index (κ2) is 6.50. The van der Waals surface area contributed by atoms with Crippen LogP contribution in [-0.4, -0.2) is 62.8 Å². The van der Waals surface area contributed by atoms with E-state index in [1.165, 1.54) is 25.9 Å². The van der Waals surface area contributed by atoms with Crippen molar-refractivity contribution in [1.29, 1.82) is 0 Å². The fourth-order valence-electron chi connectivity index (χ4n) is 2.98. The van der Waals surface area contributed by atoms with E-state index in [2.05, 4.69) is 15.5 Å². The van der Waals surface area contributed by atoms with E-state index in [0.717, 1.165) is 12.5 Å². The lowest BCUT2D eigenvalue weighted by Crippen LogP contribution is -2.59. The number of carbonyl (C=O) groups is 1. The molecular weight excluding hydrogens is 230 g/mol. The van der Waals surface area contributed by atoms with Crippen LogP contribution in [0.15, 0.2) is 0 Å². The summed E-state index contributed by atoms with van der Waals surface area (Å²) in [4.78, 5) is 14.3. The normalized spacial score (nSPS) is 32.2. The highest BCUT2D eigenvalue weighted by Gasteiger charge is 2.35. The molecule has 18 heavy (non-hydrogen) atoms. The molecule has 3 saturated heterocycles. The van der Waals surface area contributed by atoms with E-state index in [1.807, 2.05) is 6.92 Å². The molecule has 2 atom stereocenters. The molecule has 3 fully saturated rings. The number of rotatable bonds is 6. The number of nitrogens with zero attached hydrogens (tertiary/aromatic N) is 1. The lowest BCUT2D eigenvalue weighted by Gasteiger charge is -2.45. The van der Waals surface area contributed by atoms with Crippen LogP contribution >= 0.6 is 0 Å². The monoisotopic (exact) mass is 255 g/mol. The Balaban J connectivity index is 1.73. The fourth-order valence-corrected chi connectivity index (χ4v) is 2.98. The van der Waals surface area contributed by atoms with Gasteiger partial charge in [-0.1, -0.05) is 0 Å². The summed E-state index contributed by atoms with van der Waals surface area (Å²) >= 11 is 0. The highest BCUT2D eigenvalue weighted by atomic mass is 16.5. The van der Waals surface area contributed by atoms with Crippen LogP contribution in [0.2, 0.25) is 0 Å². The van der Waals surface area contributed by atoms with E-state index in [-0.39, 0.29) is 11.9 Å². The topological polar surface area (TPSA) is 53.6 Å². The summed E-state index contributed by atoms with van der Waals surface area (Å²) in [5, 5.41) is 6.36. The van der Waals surface area contributed by atoms with Crippen molar-refractivity contribution in [2.75, 3.05) is 39.9 Å². The third-order valence-corrected chi connectivity index (χ3v) is 4.12. The first-order valence-electron chi connectivity index (χ1n) is 6.95. The SMILES string of the molecule is COCCNC(=O)C(C)NC1CN2CCC1CC2. The van der Waals surface area contributed by atoms with Crippen molar-refractivity contribution in [1.82, 2.24) is 15.5 Å². The lowest BCUT2D eigenvalue weighted by molar-refractivity contribution is -0.123. The molecule has 3 aliphatic heterocycles. The molecule has 0 radical (unpaired) electrons. The van der Waals surface area contributed by atoms with Gasteiger partial charge in [0.25, 0.3) is 0 Å². The zero-order valence-corrected chi connectivity index (χ0v) is 11.4. The highest BCUT2D eigenvalue weighted by molar-refractivity contribution is 5.81. The van der Waals surface area contributed by atoms with Crippen molar-refractivity contribution in [3.8, 4) is 0 Å². The van der Waals surface area contributed by atoms with Gasteiger partial charge in [0.1, 0.15) is 0 Å². The largest absolute Gasteiger partial charge is 0.383 e. The molecule has 0 spiro atoms. The third-order valence-electron chi connectivity index (χ3n) is 4.12. The summed E-state index contributed by atoms with van der Waals surface area (Å²) in [6.45, 7) is 6.66. The number of hydrogen-bond acceptors (Lipinski definition) is 4. The van der Waals surface area contributed by atoms with Crippen molar-refractivity contribution in [2.24, 2.45) is 5.92 Å². The Morgan fingerprint density at radius 1 is 1.44 bits per heavy atom. The van der Waals surface area contributed by atoms with E-state index in [0.29, 0.717) is 19.2 Å². The molecule has 0 aromatic rings. The Morgan fingerprint density at radius 3 is 2.72 bits per heavy atom. The van der Waals surface area contributed by atoms with Gasteiger partial charge in [-0.05, 0) is 38.8 Å². The van der Waals surface area contributed by atoms with Gasteiger partial charge in [0.2, 0.25) is 5.91 Å². The first-order valence-corrected chi connectivity index (χ1v) is 6.95. The molecule has 3 rings (SSSR count). The van der Waals surface area contributed by atoms with Gasteiger partial charge in [-0.25, -0.2) is 0 Å². The average molecular weight is 255 g/mol. The molecule has 5 nitrogen and oxygen atoms in total. The van der Waals surface area contributed by atoms with Gasteiger partial charge in [-0.3, -0.25) is 4.79 Å². The quantitative estimate of drug-likeness (QED) is 0.647. The minimum absolute atomic E-state index is 0.0727. The number of fused-ring (bicyclic) bond motifs is 3. The standard InChI is InChI=1S/C13H25N3O2/c1-10(13(17)14-5-8-18-2)15-12-9-16-6-3-11(12)4-7-16/h10-12,15H,3-9H2,1-2H3,(H,14,17). The molecule has 3 heterocycles. The molecule has 0 saturated carbocycles. The fraction of sp³-hybridized carbons (Fsp3) is 0.923. The van der Waals surface area contributed by atoms with Crippen molar-refractivity contribution in [3.63, 3.8) is 0 Å². The summed E-state index contributed by atoms with van der Waals surface area (Å²) in [7, 11) is 1.64. The van der Waals surface area contributed by atoms with Crippen LogP contribution in [-0.2, 0) is 9.53 Å². The van der Waals surface area contributed by atoms with E-state index in [1.54, 1.807) is 7.11 Å². The first kappa shape index (κ1) is 13.8. The molecule has 2 bridgehead atoms. The van der Waals surface area contributed by atoms with Gasteiger partial charge in [-0.2, -0.15) is 0 Å². The predicted molar refractivity (Wildman–Crippen MR) is 70.4 cm³/mol. The van der Waals surface area contributed by atoms with Gasteiger partial charge < -0.3 is 20.3 Å². The highest BCUT2D eigenvalue weighted by Crippen LogP contribution is 2.27. The molecule has 0 aromatic heterocycles. The van der Waals surface area contributed by atoms with Crippen LogP contribution < -0.4 is 10.6 Å². The van der Waals surface area contributed by atoms with Crippen LogP contribution in [0.1, 0.15) is 19.8 Å². The maximum Gasteiger partial charge on any atom is 0.236 e. The Labute approximate surface area is 109 Å². The zero-order valence-electron chi connectivity index (χ0n) is 11.4. The molecule has 3 aliphatic rings. The number of methoxy groups -OCH3 is 1. The van der Waals surface area contributed by atoms with Crippen LogP contribution in [0.4, 0.5) is 0 Å². The van der Waals surface area contributed by atoms with Gasteiger partial charge in [0.15, 0.2) is 0 Å². The van der Waals surface area contributed by atoms with Crippen LogP contribution in [0.25, 0.3) is 0 Å². The van der Waals surface area contributed by atoms with Crippen LogP contribution in [0.5, 0.6) is 0 Å². The Hall–Kier alpha value is -0.650. The minimum Gasteiger partial charge on any atom is -0.383 e. The summed E-state index contributed by atoms with van der Waals surface area (Å²) < 4.78 is 4.92. The molecule has 1 amide bonds. The molecular formula is C13H25N3O2. The van der Waals surface area contributed by atoms with Gasteiger partial charge in [0, 0.05) is 26.2 Å². The average Bonchev–Trinajstić information content (AvgIpc) is 2.40. The number of hydrogen-bond donors (Lipinski definition) is 2. The van der Waals surface area contributed by atoms with Crippen LogP contribution in [0.3, 0.4) is 0 Å². The van der Waals surface area contributed by atoms with Gasteiger partial charge in [0.05, 0.1) is 12.6 Å². The molecule has 0 aromatic carbocycles. The second-order valence-electron chi connectivity index (χ2n) is 5.42. The third kappa shape index (κ3) is 3.43. The van der Waals surface area contributed by atoms with Gasteiger partial charge >= 0.3 is 0 Å². The predicted octanol–water partition coefficient (Wildman–Crippen LogP) is -0.179. The van der Waals surface area contributed by atoms with Gasteiger partial charge in [-0.15, -0.1) is 0 Å². The second-order valence-corrected chi connectivity index (χ2v) is 5.42. The number of ether oxygens (including phenoxy) is 1. The molecule has 104 valence electrons. The molecule has 2 unspecified atom stereocenters. The van der Waals surface area contributed by atoms with E-state index in [9.17, 15) is 4.79 Å². The Kier molecular flexibility index (Phi) is 4.97. The van der Waals surface area contributed by atoms with Crippen molar-refractivity contribution >= 4 is 5.91 Å². The van der Waals surface area contributed by atoms with E-state index < -0.39 is 0 Å². The minimum atomic E-state index is -0.118. The molecule has 0 aliphatic carbocycles. The molecule has 2 N–H and O–H groups in total. The number of nitrogens with one attached hydrogen (secondary N) is 2. The Morgan fingerprint density at radius 2 is 2.17 bits per heavy atom. The van der Waals surface area contributed by atoms with E-state index >= 15 is 0 Å². The molecule has 5 heteroatoms. The summed E-state index contributed by atoms with van der Waals surface area (Å²) in [6, 6.07) is 0.364. The Bertz CT molecular complexity index is 277.